The van der Waals surface area contributed by atoms with E-state index in [2.05, 4.69) is 0 Å². The summed E-state index contributed by atoms with van der Waals surface area (Å²) in [5.41, 5.74) is 1.73. The van der Waals surface area contributed by atoms with Crippen LogP contribution in [0.3, 0.4) is 0 Å². The molecular weight excluding hydrogens is 251 g/mol. The topological polar surface area (TPSA) is 46.5 Å². The minimum atomic E-state index is -0.581. The first-order valence-electron chi connectivity index (χ1n) is 5.05. The van der Waals surface area contributed by atoms with E-state index < -0.39 is 15.6 Å². The van der Waals surface area contributed by atoms with E-state index in [1.807, 2.05) is 30.3 Å². The van der Waals surface area contributed by atoms with Gasteiger partial charge in [0.15, 0.2) is 0 Å². The molecule has 2 aromatic rings. The minimum absolute atomic E-state index is 0.246. The second-order valence-corrected chi connectivity index (χ2v) is 5.83. The van der Waals surface area contributed by atoms with Crippen LogP contribution in [-0.2, 0) is 8.58 Å². The third-order valence-corrected chi connectivity index (χ3v) is 4.64. The number of carbonyl (C=O) groups excluding carboxylic acids is 1. The zero-order chi connectivity index (χ0) is 12.3. The van der Waals surface area contributed by atoms with Crippen molar-refractivity contribution >= 4 is 36.6 Å². The predicted octanol–water partition coefficient (Wildman–Crippen LogP) is 1.93. The molecule has 1 heterocycles. The number of benzene rings is 1. The van der Waals surface area contributed by atoms with Gasteiger partial charge in [0.2, 0.25) is 0 Å². The van der Waals surface area contributed by atoms with E-state index in [1.54, 1.807) is 5.38 Å². The van der Waals surface area contributed by atoms with E-state index in [1.165, 1.54) is 18.3 Å². The highest BCUT2D eigenvalue weighted by Gasteiger charge is 2.17. The van der Waals surface area contributed by atoms with Gasteiger partial charge in [-0.2, -0.15) is 11.3 Å². The molecule has 0 aliphatic rings. The minimum Gasteiger partial charge on any atom is -0.618 e. The highest BCUT2D eigenvalue weighted by molar-refractivity contribution is 7.20. The lowest BCUT2D eigenvalue weighted by molar-refractivity contribution is -0.131. The highest BCUT2D eigenvalue weighted by atomic mass is 32.1. The van der Waals surface area contributed by atoms with Crippen molar-refractivity contribution in [1.29, 1.82) is 0 Å². The summed E-state index contributed by atoms with van der Waals surface area (Å²) >= 11 is 0.841. The zero-order valence-electron chi connectivity index (χ0n) is 9.21. The molecule has 1 aromatic heterocycles. The molecule has 0 unspecified atom stereocenters. The number of aromatic hydroxyl groups is 1. The molecule has 0 spiro atoms. The molecule has 1 radical (unpaired) electrons. The fourth-order valence-corrected chi connectivity index (χ4v) is 3.45. The van der Waals surface area contributed by atoms with Crippen LogP contribution in [-0.4, -0.2) is 26.6 Å². The maximum Gasteiger partial charge on any atom is 0.584 e. The normalized spacial score (nSPS) is 9.94. The highest BCUT2D eigenvalue weighted by Crippen LogP contribution is 2.30. The molecule has 0 aliphatic heterocycles. The Morgan fingerprint density at radius 3 is 2.71 bits per heavy atom. The lowest BCUT2D eigenvalue weighted by atomic mass is 10.1. The average Bonchev–Trinajstić information content (AvgIpc) is 2.69. The molecule has 85 valence electrons. The molecule has 3 nitrogen and oxygen atoms in total. The Hall–Kier alpha value is -1.28. The fraction of sp³-hybridized carbons (Fsp3) is 0.0833. The molecule has 0 atom stereocenters. The standard InChI is InChI=1S/C10H7OS.C2H4O2.Al/c11-10-7-12-6-9(10)8-4-2-1-3-5-8;1-2(3)4;/h1-5,7,11H;1H3,(H,3,4);/q;;+1/p-1. The molecule has 0 amide bonds. The van der Waals surface area contributed by atoms with Gasteiger partial charge in [0, 0.05) is 17.9 Å². The van der Waals surface area contributed by atoms with Crippen LogP contribution >= 0.6 is 11.3 Å². The fourth-order valence-electron chi connectivity index (χ4n) is 1.48. The van der Waals surface area contributed by atoms with Crippen molar-refractivity contribution in [1.82, 2.24) is 0 Å². The molecule has 17 heavy (non-hydrogen) atoms. The summed E-state index contributed by atoms with van der Waals surface area (Å²) in [7, 11) is 0. The number of thiophene rings is 1. The van der Waals surface area contributed by atoms with Crippen molar-refractivity contribution in [3.8, 4) is 16.9 Å². The number of rotatable bonds is 3. The van der Waals surface area contributed by atoms with Crippen LogP contribution in [0.1, 0.15) is 6.92 Å². The first-order chi connectivity index (χ1) is 8.18. The van der Waals surface area contributed by atoms with Gasteiger partial charge in [-0.15, -0.1) is 0 Å². The van der Waals surface area contributed by atoms with Crippen molar-refractivity contribution in [3.05, 3.63) is 35.7 Å². The van der Waals surface area contributed by atoms with E-state index in [4.69, 9.17) is 3.79 Å². The smallest absolute Gasteiger partial charge is 0.584 e. The molecular formula is C12H10AlO3S. The van der Waals surface area contributed by atoms with E-state index in [0.717, 1.165) is 14.9 Å². The Bertz CT molecular complexity index is 522. The van der Waals surface area contributed by atoms with Gasteiger partial charge in [0.25, 0.3) is 5.97 Å². The van der Waals surface area contributed by atoms with Crippen molar-refractivity contribution in [2.75, 3.05) is 0 Å². The SMILES string of the molecule is CC(=O)[O][Al][c]1scc(O)c1-c1ccccc1. The van der Waals surface area contributed by atoms with Gasteiger partial charge in [0.1, 0.15) is 5.75 Å². The van der Waals surface area contributed by atoms with Crippen molar-refractivity contribution in [2.24, 2.45) is 0 Å². The first kappa shape index (κ1) is 12.2. The lowest BCUT2D eigenvalue weighted by Gasteiger charge is -2.04. The van der Waals surface area contributed by atoms with Crippen LogP contribution in [0, 0.1) is 0 Å². The van der Waals surface area contributed by atoms with E-state index in [0.29, 0.717) is 0 Å². The second kappa shape index (κ2) is 5.37. The zero-order valence-corrected chi connectivity index (χ0v) is 11.2. The van der Waals surface area contributed by atoms with Crippen molar-refractivity contribution in [3.63, 3.8) is 0 Å². The summed E-state index contributed by atoms with van der Waals surface area (Å²) in [5.74, 6) is -0.0391. The summed E-state index contributed by atoms with van der Waals surface area (Å²) < 4.78 is 5.98. The predicted molar refractivity (Wildman–Crippen MR) is 68.6 cm³/mol. The largest absolute Gasteiger partial charge is 0.618 e. The Labute approximate surface area is 110 Å². The van der Waals surface area contributed by atoms with E-state index in [-0.39, 0.29) is 11.7 Å². The van der Waals surface area contributed by atoms with Crippen LogP contribution in [0.5, 0.6) is 5.75 Å². The van der Waals surface area contributed by atoms with E-state index >= 15 is 0 Å². The number of carbonyl (C=O) groups is 1. The average molecular weight is 261 g/mol. The van der Waals surface area contributed by atoms with Gasteiger partial charge in [-0.3, -0.25) is 4.79 Å². The third kappa shape index (κ3) is 2.89. The number of hydrogen-bond acceptors (Lipinski definition) is 4. The molecule has 0 saturated heterocycles. The van der Waals surface area contributed by atoms with Gasteiger partial charge in [-0.1, -0.05) is 30.3 Å². The van der Waals surface area contributed by atoms with Crippen molar-refractivity contribution in [2.45, 2.75) is 6.92 Å². The summed E-state index contributed by atoms with van der Waals surface area (Å²) in [5, 5.41) is 11.5. The van der Waals surface area contributed by atoms with Crippen LogP contribution < -0.4 is 3.74 Å². The maximum atomic E-state index is 10.8. The number of hydrogen-bond donors (Lipinski definition) is 1. The van der Waals surface area contributed by atoms with Gasteiger partial charge in [-0.25, -0.2) is 0 Å². The van der Waals surface area contributed by atoms with Crippen LogP contribution in [0.15, 0.2) is 35.7 Å². The molecule has 2 rings (SSSR count). The van der Waals surface area contributed by atoms with Crippen LogP contribution in [0.4, 0.5) is 0 Å². The molecule has 5 heteroatoms. The molecule has 0 fully saturated rings. The Morgan fingerprint density at radius 1 is 1.35 bits per heavy atom. The van der Waals surface area contributed by atoms with Crippen molar-refractivity contribution < 1.29 is 13.7 Å². The molecule has 1 aromatic carbocycles. The second-order valence-electron chi connectivity index (χ2n) is 3.45. The quantitative estimate of drug-likeness (QED) is 0.859. The Morgan fingerprint density at radius 2 is 2.06 bits per heavy atom. The summed E-state index contributed by atoms with van der Waals surface area (Å²) in [6.07, 6.45) is 0. The van der Waals surface area contributed by atoms with Gasteiger partial charge in [0.05, 0.1) is 0 Å². The Balaban J connectivity index is 2.33. The lowest BCUT2D eigenvalue weighted by Crippen LogP contribution is -2.18. The summed E-state index contributed by atoms with van der Waals surface area (Å²) in [6.45, 7) is 1.39. The van der Waals surface area contributed by atoms with Gasteiger partial charge in [-0.05, 0) is 9.30 Å². The van der Waals surface area contributed by atoms with Crippen LogP contribution in [0.2, 0.25) is 0 Å². The van der Waals surface area contributed by atoms with Gasteiger partial charge < -0.3 is 8.90 Å². The Kier molecular flexibility index (Phi) is 3.85. The summed E-state index contributed by atoms with van der Waals surface area (Å²) in [4.78, 5) is 10.8. The molecule has 1 N–H and O–H groups in total. The summed E-state index contributed by atoms with van der Waals surface area (Å²) in [6, 6.07) is 9.61. The maximum absolute atomic E-state index is 10.8. The molecule has 0 bridgehead atoms. The third-order valence-electron chi connectivity index (χ3n) is 2.19. The van der Waals surface area contributed by atoms with Crippen LogP contribution in [0.25, 0.3) is 11.1 Å². The van der Waals surface area contributed by atoms with E-state index in [9.17, 15) is 9.90 Å². The molecule has 0 aliphatic carbocycles. The monoisotopic (exact) mass is 261 g/mol. The molecule has 0 saturated carbocycles. The van der Waals surface area contributed by atoms with Gasteiger partial charge >= 0.3 is 15.6 Å². The first-order valence-corrected chi connectivity index (χ1v) is 6.97.